The predicted octanol–water partition coefficient (Wildman–Crippen LogP) is 5.77. The predicted molar refractivity (Wildman–Crippen MR) is 148 cm³/mol. The van der Waals surface area contributed by atoms with Gasteiger partial charge in [-0.2, -0.15) is 0 Å². The zero-order valence-corrected chi connectivity index (χ0v) is 22.9. The number of thiophene rings is 1. The number of benzene rings is 1. The topological polar surface area (TPSA) is 95.3 Å². The number of anilines is 1. The van der Waals surface area contributed by atoms with Crippen LogP contribution in [0.4, 0.5) is 5.00 Å². The zero-order chi connectivity index (χ0) is 26.2. The van der Waals surface area contributed by atoms with Gasteiger partial charge in [0.05, 0.1) is 24.5 Å². The summed E-state index contributed by atoms with van der Waals surface area (Å²) in [7, 11) is 0. The van der Waals surface area contributed by atoms with Gasteiger partial charge in [-0.25, -0.2) is 4.79 Å². The maximum atomic E-state index is 13.0. The van der Waals surface area contributed by atoms with E-state index in [9.17, 15) is 9.59 Å². The van der Waals surface area contributed by atoms with Crippen molar-refractivity contribution in [3.05, 3.63) is 52.9 Å². The molecular formula is C27H32N4O4S2. The summed E-state index contributed by atoms with van der Waals surface area (Å²) in [5, 5.41) is 12.9. The van der Waals surface area contributed by atoms with Crippen LogP contribution in [-0.4, -0.2) is 45.6 Å². The molecule has 8 nitrogen and oxygen atoms in total. The number of aromatic nitrogens is 3. The molecule has 0 radical (unpaired) electrons. The smallest absolute Gasteiger partial charge is 0.341 e. The van der Waals surface area contributed by atoms with E-state index >= 15 is 0 Å². The van der Waals surface area contributed by atoms with Crippen LogP contribution in [0.15, 0.2) is 42.1 Å². The van der Waals surface area contributed by atoms with Gasteiger partial charge in [-0.15, -0.1) is 28.1 Å². The highest BCUT2D eigenvalue weighted by molar-refractivity contribution is 7.99. The summed E-state index contributed by atoms with van der Waals surface area (Å²) < 4.78 is 12.8. The summed E-state index contributed by atoms with van der Waals surface area (Å²) >= 11 is 2.80. The average Bonchev–Trinajstić information content (AvgIpc) is 3.36. The highest BCUT2D eigenvalue weighted by atomic mass is 32.2. The maximum absolute atomic E-state index is 13.0. The Kier molecular flexibility index (Phi) is 9.40. The molecule has 0 saturated heterocycles. The van der Waals surface area contributed by atoms with Crippen LogP contribution in [0.5, 0.6) is 5.75 Å². The van der Waals surface area contributed by atoms with Gasteiger partial charge in [0.25, 0.3) is 0 Å². The molecule has 0 spiro atoms. The number of aryl methyl sites for hydroxylation is 1. The van der Waals surface area contributed by atoms with Gasteiger partial charge in [-0.1, -0.05) is 24.3 Å². The van der Waals surface area contributed by atoms with E-state index in [-0.39, 0.29) is 17.6 Å². The number of nitrogens with zero attached hydrogens (tertiary/aromatic N) is 3. The first-order valence-electron chi connectivity index (χ1n) is 12.6. The Morgan fingerprint density at radius 1 is 1.14 bits per heavy atom. The van der Waals surface area contributed by atoms with E-state index in [4.69, 9.17) is 9.47 Å². The number of hydrogen-bond acceptors (Lipinski definition) is 8. The zero-order valence-electron chi connectivity index (χ0n) is 21.2. The fraction of sp³-hybridized carbons (Fsp3) is 0.407. The Morgan fingerprint density at radius 3 is 2.65 bits per heavy atom. The normalized spacial score (nSPS) is 12.9. The van der Waals surface area contributed by atoms with Crippen molar-refractivity contribution in [1.29, 1.82) is 0 Å². The molecule has 0 unspecified atom stereocenters. The summed E-state index contributed by atoms with van der Waals surface area (Å²) in [4.78, 5) is 26.9. The molecule has 0 bridgehead atoms. The molecule has 4 rings (SSSR count). The van der Waals surface area contributed by atoms with Gasteiger partial charge >= 0.3 is 5.97 Å². The minimum atomic E-state index is -0.365. The molecule has 0 aliphatic heterocycles. The number of thioether (sulfide) groups is 1. The lowest BCUT2D eigenvalue weighted by atomic mass is 10.1. The number of allylic oxidation sites excluding steroid dienone is 1. The van der Waals surface area contributed by atoms with Crippen LogP contribution < -0.4 is 10.1 Å². The molecule has 1 amide bonds. The average molecular weight is 541 g/mol. The third kappa shape index (κ3) is 6.42. The Hall–Kier alpha value is -3.11. The Bertz CT molecular complexity index is 1250. The van der Waals surface area contributed by atoms with Gasteiger partial charge in [0, 0.05) is 17.0 Å². The van der Waals surface area contributed by atoms with Crippen LogP contribution in [0, 0.1) is 0 Å². The van der Waals surface area contributed by atoms with Crippen LogP contribution in [-0.2, 0) is 28.9 Å². The third-order valence-electron chi connectivity index (χ3n) is 5.94. The molecule has 0 atom stereocenters. The summed E-state index contributed by atoms with van der Waals surface area (Å²) in [5.41, 5.74) is 2.46. The molecule has 0 fully saturated rings. The highest BCUT2D eigenvalue weighted by Crippen LogP contribution is 2.38. The van der Waals surface area contributed by atoms with Crippen molar-refractivity contribution < 1.29 is 19.1 Å². The van der Waals surface area contributed by atoms with Gasteiger partial charge in [0.15, 0.2) is 11.0 Å². The van der Waals surface area contributed by atoms with Crippen molar-refractivity contribution in [3.63, 3.8) is 0 Å². The monoisotopic (exact) mass is 540 g/mol. The first-order chi connectivity index (χ1) is 18.0. The fourth-order valence-electron chi connectivity index (χ4n) is 4.31. The number of hydrogen-bond donors (Lipinski definition) is 1. The minimum absolute atomic E-state index is 0.128. The van der Waals surface area contributed by atoms with Gasteiger partial charge in [-0.05, 0) is 69.4 Å². The Balaban J connectivity index is 1.49. The van der Waals surface area contributed by atoms with E-state index in [0.717, 1.165) is 49.0 Å². The van der Waals surface area contributed by atoms with Crippen LogP contribution in [0.25, 0.3) is 11.4 Å². The first kappa shape index (κ1) is 26.9. The van der Waals surface area contributed by atoms with Crippen LogP contribution in [0.3, 0.4) is 0 Å². The number of rotatable bonds is 11. The quantitative estimate of drug-likeness (QED) is 0.143. The molecule has 1 aliphatic carbocycles. The van der Waals surface area contributed by atoms with Gasteiger partial charge < -0.3 is 14.8 Å². The standard InChI is InChI=1S/C27H32N4O4S2/c1-4-16-31-24(18-12-14-19(15-13-18)34-5-2)29-30-27(31)36-17-22(32)28-25-23(26(33)35-6-3)20-10-8-7-9-11-21(20)37-25/h4,12-15H,1,5-11,16-17H2,2-3H3,(H,28,32). The van der Waals surface area contributed by atoms with Crippen LogP contribution in [0.2, 0.25) is 0 Å². The second-order valence-corrected chi connectivity index (χ2v) is 10.5. The summed E-state index contributed by atoms with van der Waals surface area (Å²) in [6, 6.07) is 7.67. The van der Waals surface area contributed by atoms with Crippen molar-refractivity contribution in [1.82, 2.24) is 14.8 Å². The Labute approximate surface area is 225 Å². The van der Waals surface area contributed by atoms with Crippen LogP contribution in [0.1, 0.15) is 53.9 Å². The molecule has 2 heterocycles. The van der Waals surface area contributed by atoms with E-state index in [1.807, 2.05) is 35.8 Å². The molecule has 2 aromatic heterocycles. The molecule has 0 saturated carbocycles. The number of carbonyl (C=O) groups excluding carboxylic acids is 2. The lowest BCUT2D eigenvalue weighted by Gasteiger charge is -2.10. The maximum Gasteiger partial charge on any atom is 0.341 e. The highest BCUT2D eigenvalue weighted by Gasteiger charge is 2.27. The van der Waals surface area contributed by atoms with E-state index in [1.165, 1.54) is 28.0 Å². The van der Waals surface area contributed by atoms with Gasteiger partial charge in [0.2, 0.25) is 5.91 Å². The van der Waals surface area contributed by atoms with Gasteiger partial charge in [-0.3, -0.25) is 9.36 Å². The number of fused-ring (bicyclic) bond motifs is 1. The molecule has 196 valence electrons. The SMILES string of the molecule is C=CCn1c(SCC(=O)Nc2sc3c(c2C(=O)OCC)CCCCC3)nnc1-c1ccc(OCC)cc1. The summed E-state index contributed by atoms with van der Waals surface area (Å²) in [5.74, 6) is 1.04. The second kappa shape index (κ2) is 12.9. The molecule has 10 heteroatoms. The number of esters is 1. The number of nitrogens with one attached hydrogen (secondary N) is 1. The lowest BCUT2D eigenvalue weighted by Crippen LogP contribution is -2.17. The van der Waals surface area contributed by atoms with Crippen molar-refractivity contribution in [2.45, 2.75) is 57.7 Å². The molecule has 1 aromatic carbocycles. The van der Waals surface area contributed by atoms with E-state index < -0.39 is 0 Å². The van der Waals surface area contributed by atoms with Crippen LogP contribution >= 0.6 is 23.1 Å². The number of ether oxygens (including phenoxy) is 2. The fourth-order valence-corrected chi connectivity index (χ4v) is 6.35. The number of amides is 1. The molecule has 1 aliphatic rings. The largest absolute Gasteiger partial charge is 0.494 e. The van der Waals surface area contributed by atoms with E-state index in [2.05, 4.69) is 22.1 Å². The summed E-state index contributed by atoms with van der Waals surface area (Å²) in [6.45, 7) is 8.99. The van der Waals surface area contributed by atoms with E-state index in [1.54, 1.807) is 13.0 Å². The van der Waals surface area contributed by atoms with Gasteiger partial charge in [0.1, 0.15) is 10.8 Å². The second-order valence-electron chi connectivity index (χ2n) is 8.49. The molecule has 37 heavy (non-hydrogen) atoms. The third-order valence-corrected chi connectivity index (χ3v) is 8.11. The minimum Gasteiger partial charge on any atom is -0.494 e. The number of carbonyl (C=O) groups is 2. The molecular weight excluding hydrogens is 508 g/mol. The van der Waals surface area contributed by atoms with E-state index in [0.29, 0.717) is 41.3 Å². The molecule has 3 aromatic rings. The van der Waals surface area contributed by atoms with Crippen molar-refractivity contribution in [2.75, 3.05) is 24.3 Å². The van der Waals surface area contributed by atoms with Crippen molar-refractivity contribution in [2.24, 2.45) is 0 Å². The van der Waals surface area contributed by atoms with Crippen molar-refractivity contribution in [3.8, 4) is 17.1 Å². The molecule has 1 N–H and O–H groups in total. The van der Waals surface area contributed by atoms with Crippen molar-refractivity contribution >= 4 is 40.0 Å². The Morgan fingerprint density at radius 2 is 1.92 bits per heavy atom. The summed E-state index contributed by atoms with van der Waals surface area (Å²) in [6.07, 6.45) is 6.81. The first-order valence-corrected chi connectivity index (χ1v) is 14.4. The lowest BCUT2D eigenvalue weighted by molar-refractivity contribution is -0.113.